The summed E-state index contributed by atoms with van der Waals surface area (Å²) in [7, 11) is 0. The molecule has 164 valence electrons. The van der Waals surface area contributed by atoms with Crippen molar-refractivity contribution in [1.29, 1.82) is 5.26 Å². The lowest BCUT2D eigenvalue weighted by Crippen LogP contribution is -2.40. The molecule has 0 spiro atoms. The van der Waals surface area contributed by atoms with E-state index in [1.165, 1.54) is 5.56 Å². The van der Waals surface area contributed by atoms with Crippen molar-refractivity contribution in [2.45, 2.75) is 52.8 Å². The van der Waals surface area contributed by atoms with Gasteiger partial charge in [0.1, 0.15) is 11.6 Å². The van der Waals surface area contributed by atoms with Crippen LogP contribution in [-0.2, 0) is 29.0 Å². The SMILES string of the molecule is Cc1[nH]c(=O)c(C#N)c(C)c1CCC(=O)NCc1cccc(CN2CCOC(C)C2)c1. The van der Waals surface area contributed by atoms with Gasteiger partial charge >= 0.3 is 0 Å². The Morgan fingerprint density at radius 1 is 1.35 bits per heavy atom. The molecule has 1 saturated heterocycles. The minimum atomic E-state index is -0.378. The molecule has 3 rings (SSSR count). The highest BCUT2D eigenvalue weighted by Gasteiger charge is 2.17. The summed E-state index contributed by atoms with van der Waals surface area (Å²) in [6.45, 7) is 9.62. The molecule has 1 aromatic heterocycles. The molecule has 1 atom stereocenters. The van der Waals surface area contributed by atoms with Gasteiger partial charge in [0.2, 0.25) is 5.91 Å². The number of hydrogen-bond acceptors (Lipinski definition) is 5. The number of rotatable bonds is 7. The highest BCUT2D eigenvalue weighted by molar-refractivity contribution is 5.76. The van der Waals surface area contributed by atoms with Gasteiger partial charge in [-0.05, 0) is 49.4 Å². The molecule has 1 aliphatic heterocycles. The van der Waals surface area contributed by atoms with E-state index in [9.17, 15) is 14.9 Å². The molecule has 2 heterocycles. The number of nitrogens with one attached hydrogen (secondary N) is 2. The molecule has 0 bridgehead atoms. The average Bonchev–Trinajstić information content (AvgIpc) is 2.72. The monoisotopic (exact) mass is 422 g/mol. The third-order valence-electron chi connectivity index (χ3n) is 5.73. The number of aromatic nitrogens is 1. The Morgan fingerprint density at radius 3 is 2.87 bits per heavy atom. The minimum absolute atomic E-state index is 0.0593. The molecule has 1 aliphatic rings. The fraction of sp³-hybridized carbons (Fsp3) is 0.458. The van der Waals surface area contributed by atoms with Crippen molar-refractivity contribution < 1.29 is 9.53 Å². The minimum Gasteiger partial charge on any atom is -0.376 e. The Labute approximate surface area is 183 Å². The second-order valence-electron chi connectivity index (χ2n) is 8.18. The number of nitrogens with zero attached hydrogens (tertiary/aromatic N) is 2. The lowest BCUT2D eigenvalue weighted by atomic mass is 9.99. The molecule has 1 unspecified atom stereocenters. The number of ether oxygens (including phenoxy) is 1. The zero-order valence-electron chi connectivity index (χ0n) is 18.5. The summed E-state index contributed by atoms with van der Waals surface area (Å²) in [5.41, 5.74) is 4.25. The fourth-order valence-corrected chi connectivity index (χ4v) is 4.08. The van der Waals surface area contributed by atoms with Gasteiger partial charge in [-0.15, -0.1) is 0 Å². The first kappa shape index (κ1) is 22.7. The van der Waals surface area contributed by atoms with Crippen LogP contribution in [0.1, 0.15) is 46.9 Å². The summed E-state index contributed by atoms with van der Waals surface area (Å²) in [6.07, 6.45) is 1.03. The lowest BCUT2D eigenvalue weighted by Gasteiger charge is -2.31. The van der Waals surface area contributed by atoms with Crippen LogP contribution in [0, 0.1) is 25.2 Å². The van der Waals surface area contributed by atoms with Gasteiger partial charge in [-0.1, -0.05) is 24.3 Å². The number of amides is 1. The topological polar surface area (TPSA) is 98.2 Å². The maximum Gasteiger partial charge on any atom is 0.266 e. The van der Waals surface area contributed by atoms with Gasteiger partial charge < -0.3 is 15.0 Å². The van der Waals surface area contributed by atoms with Crippen LogP contribution in [0.4, 0.5) is 0 Å². The van der Waals surface area contributed by atoms with Crippen LogP contribution < -0.4 is 10.9 Å². The van der Waals surface area contributed by atoms with E-state index >= 15 is 0 Å². The predicted molar refractivity (Wildman–Crippen MR) is 119 cm³/mol. The number of carbonyl (C=O) groups is 1. The number of pyridine rings is 1. The van der Waals surface area contributed by atoms with Crippen LogP contribution >= 0.6 is 0 Å². The number of aromatic amines is 1. The van der Waals surface area contributed by atoms with E-state index in [1.807, 2.05) is 18.2 Å². The highest BCUT2D eigenvalue weighted by atomic mass is 16.5. The van der Waals surface area contributed by atoms with Gasteiger partial charge in [0.15, 0.2) is 0 Å². The average molecular weight is 423 g/mol. The second-order valence-corrected chi connectivity index (χ2v) is 8.18. The summed E-state index contributed by atoms with van der Waals surface area (Å²) >= 11 is 0. The normalized spacial score (nSPS) is 16.6. The summed E-state index contributed by atoms with van der Waals surface area (Å²) in [6, 6.07) is 10.2. The van der Waals surface area contributed by atoms with Gasteiger partial charge in [-0.2, -0.15) is 5.26 Å². The van der Waals surface area contributed by atoms with E-state index < -0.39 is 0 Å². The van der Waals surface area contributed by atoms with Crippen molar-refractivity contribution in [2.24, 2.45) is 0 Å². The van der Waals surface area contributed by atoms with E-state index in [1.54, 1.807) is 13.8 Å². The quantitative estimate of drug-likeness (QED) is 0.714. The number of morpholine rings is 1. The predicted octanol–water partition coefficient (Wildman–Crippen LogP) is 2.33. The smallest absolute Gasteiger partial charge is 0.266 e. The summed E-state index contributed by atoms with van der Waals surface area (Å²) in [4.78, 5) is 29.3. The summed E-state index contributed by atoms with van der Waals surface area (Å²) in [5, 5.41) is 12.2. The van der Waals surface area contributed by atoms with Crippen molar-refractivity contribution in [3.63, 3.8) is 0 Å². The first-order valence-electron chi connectivity index (χ1n) is 10.7. The molecule has 7 heteroatoms. The molecule has 31 heavy (non-hydrogen) atoms. The molecule has 0 saturated carbocycles. The molecular formula is C24H30N4O3. The lowest BCUT2D eigenvalue weighted by molar-refractivity contribution is -0.121. The zero-order valence-corrected chi connectivity index (χ0v) is 18.5. The van der Waals surface area contributed by atoms with Crippen LogP contribution in [0.2, 0.25) is 0 Å². The van der Waals surface area contributed by atoms with Crippen LogP contribution in [0.15, 0.2) is 29.1 Å². The molecular weight excluding hydrogens is 392 g/mol. The number of benzene rings is 1. The van der Waals surface area contributed by atoms with E-state index in [4.69, 9.17) is 4.74 Å². The Morgan fingerprint density at radius 2 is 2.13 bits per heavy atom. The van der Waals surface area contributed by atoms with Crippen LogP contribution in [0.3, 0.4) is 0 Å². The number of hydrogen-bond donors (Lipinski definition) is 2. The maximum atomic E-state index is 12.4. The van der Waals surface area contributed by atoms with E-state index in [2.05, 4.69) is 34.3 Å². The van der Waals surface area contributed by atoms with Crippen LogP contribution in [0.25, 0.3) is 0 Å². The second kappa shape index (κ2) is 10.4. The third kappa shape index (κ3) is 6.03. The molecule has 7 nitrogen and oxygen atoms in total. The number of aryl methyl sites for hydroxylation is 1. The number of H-pyrrole nitrogens is 1. The van der Waals surface area contributed by atoms with Gasteiger partial charge in [-0.3, -0.25) is 14.5 Å². The first-order chi connectivity index (χ1) is 14.9. The summed E-state index contributed by atoms with van der Waals surface area (Å²) < 4.78 is 5.60. The van der Waals surface area contributed by atoms with Crippen molar-refractivity contribution in [2.75, 3.05) is 19.7 Å². The maximum absolute atomic E-state index is 12.4. The Balaban J connectivity index is 1.54. The molecule has 2 N–H and O–H groups in total. The van der Waals surface area contributed by atoms with Crippen LogP contribution in [0.5, 0.6) is 0 Å². The number of carbonyl (C=O) groups excluding carboxylic acids is 1. The third-order valence-corrected chi connectivity index (χ3v) is 5.73. The van der Waals surface area contributed by atoms with Crippen molar-refractivity contribution in [3.05, 3.63) is 68.1 Å². The Kier molecular flexibility index (Phi) is 7.61. The fourth-order valence-electron chi connectivity index (χ4n) is 4.08. The van der Waals surface area contributed by atoms with Crippen molar-refractivity contribution >= 4 is 5.91 Å². The molecule has 1 fully saturated rings. The van der Waals surface area contributed by atoms with Crippen molar-refractivity contribution in [3.8, 4) is 6.07 Å². The van der Waals surface area contributed by atoms with Gasteiger partial charge in [0, 0.05) is 38.3 Å². The standard InChI is InChI=1S/C24H30N4O3/c1-16-14-28(9-10-31-16)15-20-6-4-5-19(11-20)13-26-23(29)8-7-21-17(2)22(12-25)24(30)27-18(21)3/h4-6,11,16H,7-10,13-15H2,1-3H3,(H,26,29)(H,27,30). The zero-order chi connectivity index (χ0) is 22.4. The molecule has 1 amide bonds. The van der Waals surface area contributed by atoms with E-state index in [-0.39, 0.29) is 23.1 Å². The van der Waals surface area contributed by atoms with Gasteiger partial charge in [-0.25, -0.2) is 0 Å². The largest absolute Gasteiger partial charge is 0.376 e. The van der Waals surface area contributed by atoms with E-state index in [0.717, 1.165) is 37.4 Å². The van der Waals surface area contributed by atoms with Gasteiger partial charge in [0.05, 0.1) is 12.7 Å². The van der Waals surface area contributed by atoms with Crippen LogP contribution in [-0.4, -0.2) is 41.6 Å². The first-order valence-corrected chi connectivity index (χ1v) is 10.7. The highest BCUT2D eigenvalue weighted by Crippen LogP contribution is 2.15. The van der Waals surface area contributed by atoms with E-state index in [0.29, 0.717) is 30.6 Å². The summed E-state index contributed by atoms with van der Waals surface area (Å²) in [5.74, 6) is -0.0593. The Hall–Kier alpha value is -2.95. The molecule has 0 radical (unpaired) electrons. The molecule has 1 aromatic carbocycles. The Bertz CT molecular complexity index is 1040. The van der Waals surface area contributed by atoms with Crippen molar-refractivity contribution in [1.82, 2.24) is 15.2 Å². The molecule has 2 aromatic rings. The number of nitriles is 1. The molecule has 0 aliphatic carbocycles. The van der Waals surface area contributed by atoms with Gasteiger partial charge in [0.25, 0.3) is 5.56 Å².